The minimum atomic E-state index is -1.02. The standard InChI is InChI=1S/C22H40N2O6/c1-17(21(27)28)23-19(25)15-13-11-9-7-5-3-4-6-8-10-12-14-16-20(26)24-18(2)22(29)30/h17-18H,3-16H2,1-2H3,(H,23,25)(H,24,26)(H,27,28)(H,29,30). The minimum Gasteiger partial charge on any atom is -0.480 e. The van der Waals surface area contributed by atoms with Crippen molar-refractivity contribution in [2.75, 3.05) is 0 Å². The number of amides is 2. The van der Waals surface area contributed by atoms with E-state index in [-0.39, 0.29) is 11.8 Å². The molecule has 0 bridgehead atoms. The summed E-state index contributed by atoms with van der Waals surface area (Å²) in [5.74, 6) is -2.42. The SMILES string of the molecule is CC(NC(=O)CCCCCCCCCCCCCCC(=O)NC(C)C(=O)O)C(=O)O. The summed E-state index contributed by atoms with van der Waals surface area (Å²) in [4.78, 5) is 44.4. The maximum absolute atomic E-state index is 11.5. The number of nitrogens with one attached hydrogen (secondary N) is 2. The molecule has 0 aromatic heterocycles. The van der Waals surface area contributed by atoms with Crippen molar-refractivity contribution in [1.82, 2.24) is 10.6 Å². The first-order chi connectivity index (χ1) is 14.2. The van der Waals surface area contributed by atoms with Gasteiger partial charge in [0.15, 0.2) is 0 Å². The molecule has 2 unspecified atom stereocenters. The van der Waals surface area contributed by atoms with Crippen LogP contribution in [0.4, 0.5) is 0 Å². The van der Waals surface area contributed by atoms with Gasteiger partial charge < -0.3 is 20.8 Å². The van der Waals surface area contributed by atoms with Crippen molar-refractivity contribution in [2.24, 2.45) is 0 Å². The van der Waals surface area contributed by atoms with E-state index >= 15 is 0 Å². The summed E-state index contributed by atoms with van der Waals surface area (Å²) < 4.78 is 0. The normalized spacial score (nSPS) is 12.7. The zero-order chi connectivity index (χ0) is 22.8. The molecule has 0 aromatic carbocycles. The lowest BCUT2D eigenvalue weighted by Gasteiger charge is -2.09. The molecule has 0 aliphatic carbocycles. The first kappa shape index (κ1) is 27.9. The molecule has 8 nitrogen and oxygen atoms in total. The van der Waals surface area contributed by atoms with Gasteiger partial charge in [-0.2, -0.15) is 0 Å². The Balaban J connectivity index is 3.33. The molecule has 174 valence electrons. The van der Waals surface area contributed by atoms with Gasteiger partial charge in [0, 0.05) is 12.8 Å². The highest BCUT2D eigenvalue weighted by atomic mass is 16.4. The van der Waals surface area contributed by atoms with E-state index in [1.54, 1.807) is 0 Å². The zero-order valence-electron chi connectivity index (χ0n) is 18.6. The average molecular weight is 429 g/mol. The molecule has 8 heteroatoms. The molecule has 0 saturated carbocycles. The summed E-state index contributed by atoms with van der Waals surface area (Å²) in [7, 11) is 0. The van der Waals surface area contributed by atoms with Gasteiger partial charge in [0.25, 0.3) is 0 Å². The summed E-state index contributed by atoms with van der Waals surface area (Å²) in [6.07, 6.45) is 13.7. The van der Waals surface area contributed by atoms with Crippen molar-refractivity contribution in [3.63, 3.8) is 0 Å². The lowest BCUT2D eigenvalue weighted by Crippen LogP contribution is -2.38. The summed E-state index contributed by atoms with van der Waals surface area (Å²) in [5.41, 5.74) is 0. The Bertz CT molecular complexity index is 478. The van der Waals surface area contributed by atoms with E-state index in [1.165, 1.54) is 39.5 Å². The van der Waals surface area contributed by atoms with Crippen LogP contribution in [0.5, 0.6) is 0 Å². The predicted octanol–water partition coefficient (Wildman–Crippen LogP) is 3.63. The lowest BCUT2D eigenvalue weighted by atomic mass is 10.0. The van der Waals surface area contributed by atoms with E-state index in [4.69, 9.17) is 10.2 Å². The van der Waals surface area contributed by atoms with Gasteiger partial charge in [-0.3, -0.25) is 19.2 Å². The molecular formula is C22H40N2O6. The minimum absolute atomic E-state index is 0.194. The van der Waals surface area contributed by atoms with E-state index in [0.717, 1.165) is 51.4 Å². The fourth-order valence-electron chi connectivity index (χ4n) is 3.09. The Morgan fingerprint density at radius 1 is 0.533 bits per heavy atom. The van der Waals surface area contributed by atoms with Gasteiger partial charge >= 0.3 is 11.9 Å². The fourth-order valence-corrected chi connectivity index (χ4v) is 3.09. The van der Waals surface area contributed by atoms with Crippen molar-refractivity contribution >= 4 is 23.8 Å². The monoisotopic (exact) mass is 428 g/mol. The largest absolute Gasteiger partial charge is 0.480 e. The van der Waals surface area contributed by atoms with Gasteiger partial charge in [-0.25, -0.2) is 0 Å². The molecule has 2 amide bonds. The van der Waals surface area contributed by atoms with Crippen molar-refractivity contribution < 1.29 is 29.4 Å². The van der Waals surface area contributed by atoms with Crippen molar-refractivity contribution in [1.29, 1.82) is 0 Å². The van der Waals surface area contributed by atoms with Gasteiger partial charge in [0.05, 0.1) is 0 Å². The van der Waals surface area contributed by atoms with E-state index in [9.17, 15) is 19.2 Å². The van der Waals surface area contributed by atoms with Crippen LogP contribution in [0.25, 0.3) is 0 Å². The van der Waals surface area contributed by atoms with Crippen molar-refractivity contribution in [3.05, 3.63) is 0 Å². The van der Waals surface area contributed by atoms with Gasteiger partial charge in [0.1, 0.15) is 12.1 Å². The third kappa shape index (κ3) is 16.8. The summed E-state index contributed by atoms with van der Waals surface area (Å²) in [5, 5.41) is 22.4. The van der Waals surface area contributed by atoms with Gasteiger partial charge in [-0.15, -0.1) is 0 Å². The third-order valence-electron chi connectivity index (χ3n) is 5.05. The molecule has 0 fully saturated rings. The van der Waals surface area contributed by atoms with Crippen LogP contribution < -0.4 is 10.6 Å². The smallest absolute Gasteiger partial charge is 0.325 e. The molecule has 0 heterocycles. The number of rotatable bonds is 19. The van der Waals surface area contributed by atoms with Crippen molar-refractivity contribution in [2.45, 2.75) is 116 Å². The Hall–Kier alpha value is -2.12. The van der Waals surface area contributed by atoms with E-state index in [0.29, 0.717) is 12.8 Å². The van der Waals surface area contributed by atoms with Crippen LogP contribution in [-0.4, -0.2) is 46.0 Å². The van der Waals surface area contributed by atoms with Crippen LogP contribution >= 0.6 is 0 Å². The first-order valence-electron chi connectivity index (χ1n) is 11.3. The quantitative estimate of drug-likeness (QED) is 0.232. The average Bonchev–Trinajstić information content (AvgIpc) is 2.67. The summed E-state index contributed by atoms with van der Waals surface area (Å²) in [6, 6.07) is -1.66. The zero-order valence-corrected chi connectivity index (χ0v) is 18.6. The molecule has 0 aliphatic rings. The number of carbonyl (C=O) groups is 4. The van der Waals surface area contributed by atoms with Crippen LogP contribution in [0.3, 0.4) is 0 Å². The Kier molecular flexibility index (Phi) is 16.5. The van der Waals surface area contributed by atoms with Crippen LogP contribution in [0, 0.1) is 0 Å². The first-order valence-corrected chi connectivity index (χ1v) is 11.3. The second-order valence-electron chi connectivity index (χ2n) is 8.00. The Morgan fingerprint density at radius 2 is 0.767 bits per heavy atom. The van der Waals surface area contributed by atoms with E-state index in [2.05, 4.69) is 10.6 Å². The number of aliphatic carboxylic acids is 2. The second-order valence-corrected chi connectivity index (χ2v) is 8.00. The van der Waals surface area contributed by atoms with E-state index in [1.807, 2.05) is 0 Å². The molecule has 2 atom stereocenters. The fraction of sp³-hybridized carbons (Fsp3) is 0.818. The van der Waals surface area contributed by atoms with Gasteiger partial charge in [-0.05, 0) is 26.7 Å². The Labute approximate surface area is 180 Å². The molecule has 0 rings (SSSR count). The van der Waals surface area contributed by atoms with E-state index < -0.39 is 24.0 Å². The summed E-state index contributed by atoms with van der Waals surface area (Å²) >= 11 is 0. The molecule has 0 radical (unpaired) electrons. The maximum atomic E-state index is 11.5. The molecule has 0 saturated heterocycles. The highest BCUT2D eigenvalue weighted by molar-refractivity contribution is 5.83. The second kappa shape index (κ2) is 17.7. The van der Waals surface area contributed by atoms with Crippen molar-refractivity contribution in [3.8, 4) is 0 Å². The van der Waals surface area contributed by atoms with Gasteiger partial charge in [-0.1, -0.05) is 64.2 Å². The molecule has 4 N–H and O–H groups in total. The number of carbonyl (C=O) groups excluding carboxylic acids is 2. The van der Waals surface area contributed by atoms with Gasteiger partial charge in [0.2, 0.25) is 11.8 Å². The summed E-state index contributed by atoms with van der Waals surface area (Å²) in [6.45, 7) is 2.92. The lowest BCUT2D eigenvalue weighted by molar-refractivity contribution is -0.141. The molecule has 30 heavy (non-hydrogen) atoms. The molecule has 0 spiro atoms. The topological polar surface area (TPSA) is 133 Å². The maximum Gasteiger partial charge on any atom is 0.325 e. The number of carboxylic acid groups (broad SMARTS) is 2. The van der Waals surface area contributed by atoms with Crippen LogP contribution in [0.1, 0.15) is 104 Å². The number of hydrogen-bond acceptors (Lipinski definition) is 4. The third-order valence-corrected chi connectivity index (χ3v) is 5.05. The van der Waals surface area contributed by atoms with Crippen LogP contribution in [0.2, 0.25) is 0 Å². The number of unbranched alkanes of at least 4 members (excludes halogenated alkanes) is 11. The molecular weight excluding hydrogens is 388 g/mol. The predicted molar refractivity (Wildman–Crippen MR) is 115 cm³/mol. The van der Waals surface area contributed by atoms with Crippen LogP contribution in [0.15, 0.2) is 0 Å². The Morgan fingerprint density at radius 3 is 1.00 bits per heavy atom. The molecule has 0 aromatic rings. The number of hydrogen-bond donors (Lipinski definition) is 4. The number of carboxylic acids is 2. The van der Waals surface area contributed by atoms with Crippen LogP contribution in [-0.2, 0) is 19.2 Å². The highest BCUT2D eigenvalue weighted by Gasteiger charge is 2.13. The molecule has 0 aliphatic heterocycles. The highest BCUT2D eigenvalue weighted by Crippen LogP contribution is 2.13.